The van der Waals surface area contributed by atoms with Crippen LogP contribution < -0.4 is 5.14 Å². The summed E-state index contributed by atoms with van der Waals surface area (Å²) in [6.45, 7) is 1.78. The summed E-state index contributed by atoms with van der Waals surface area (Å²) in [6, 6.07) is 9.33. The highest BCUT2D eigenvalue weighted by Gasteiger charge is 2.25. The number of nitrogens with two attached hydrogens (primary N) is 1. The Morgan fingerprint density at radius 3 is 2.47 bits per heavy atom. The Labute approximate surface area is 112 Å². The van der Waals surface area contributed by atoms with Gasteiger partial charge >= 0.3 is 16.3 Å². The predicted octanol–water partition coefficient (Wildman–Crippen LogP) is 0.771. The Morgan fingerprint density at radius 2 is 1.95 bits per heavy atom. The van der Waals surface area contributed by atoms with E-state index >= 15 is 0 Å². The van der Waals surface area contributed by atoms with Crippen LogP contribution in [-0.2, 0) is 30.4 Å². The van der Waals surface area contributed by atoms with Gasteiger partial charge in [-0.05, 0) is 25.3 Å². The van der Waals surface area contributed by atoms with Crippen molar-refractivity contribution >= 4 is 16.3 Å². The van der Waals surface area contributed by atoms with Gasteiger partial charge < -0.3 is 4.74 Å². The van der Waals surface area contributed by atoms with Crippen LogP contribution >= 0.6 is 0 Å². The number of aryl methyl sites for hydroxylation is 1. The first-order valence-electron chi connectivity index (χ1n) is 5.84. The zero-order valence-electron chi connectivity index (χ0n) is 10.6. The Bertz CT molecular complexity index is 500. The van der Waals surface area contributed by atoms with Gasteiger partial charge in [-0.1, -0.05) is 30.3 Å². The quantitative estimate of drug-likeness (QED) is 0.747. The van der Waals surface area contributed by atoms with Crippen molar-refractivity contribution in [2.75, 3.05) is 6.61 Å². The van der Waals surface area contributed by atoms with Gasteiger partial charge in [-0.15, -0.1) is 0 Å². The molecule has 1 aromatic carbocycles. The first-order valence-corrected chi connectivity index (χ1v) is 7.31. The van der Waals surface area contributed by atoms with E-state index in [1.54, 1.807) is 6.92 Å². The van der Waals surface area contributed by atoms with Crippen LogP contribution in [0.25, 0.3) is 0 Å². The van der Waals surface area contributed by atoms with Gasteiger partial charge in [0.15, 0.2) is 6.10 Å². The number of carbonyl (C=O) groups is 1. The van der Waals surface area contributed by atoms with Crippen molar-refractivity contribution in [3.8, 4) is 0 Å². The molecule has 0 aromatic heterocycles. The maximum atomic E-state index is 11.6. The van der Waals surface area contributed by atoms with E-state index in [2.05, 4.69) is 4.18 Å². The summed E-state index contributed by atoms with van der Waals surface area (Å²) < 4.78 is 31.1. The van der Waals surface area contributed by atoms with Crippen molar-refractivity contribution in [2.45, 2.75) is 25.9 Å². The van der Waals surface area contributed by atoms with Crippen LogP contribution in [0.3, 0.4) is 0 Å². The van der Waals surface area contributed by atoms with Crippen LogP contribution in [0, 0.1) is 0 Å². The number of hydrogen-bond donors (Lipinski definition) is 1. The second-order valence-corrected chi connectivity index (χ2v) is 5.03. The minimum absolute atomic E-state index is 0.147. The maximum absolute atomic E-state index is 11.6. The van der Waals surface area contributed by atoms with Gasteiger partial charge in [0, 0.05) is 0 Å². The maximum Gasteiger partial charge on any atom is 0.336 e. The standard InChI is InChI=1S/C12H17NO5S/c1-2-17-12(14)11(18-19(13,15)16)9-8-10-6-4-3-5-7-10/h3-7,11H,2,8-9H2,1H3,(H2,13,15,16). The Morgan fingerprint density at radius 1 is 1.32 bits per heavy atom. The van der Waals surface area contributed by atoms with E-state index in [-0.39, 0.29) is 13.0 Å². The molecule has 0 radical (unpaired) electrons. The van der Waals surface area contributed by atoms with Gasteiger partial charge in [-0.3, -0.25) is 0 Å². The highest BCUT2D eigenvalue weighted by atomic mass is 32.2. The molecular weight excluding hydrogens is 270 g/mol. The molecule has 1 rings (SSSR count). The number of ether oxygens (including phenoxy) is 1. The Kier molecular flexibility index (Phi) is 5.94. The third kappa shape index (κ3) is 6.32. The molecular formula is C12H17NO5S. The molecule has 0 aliphatic heterocycles. The first kappa shape index (κ1) is 15.6. The van der Waals surface area contributed by atoms with Crippen LogP contribution in [0.5, 0.6) is 0 Å². The van der Waals surface area contributed by atoms with Crippen LogP contribution in [0.1, 0.15) is 18.9 Å². The summed E-state index contributed by atoms with van der Waals surface area (Å²) >= 11 is 0. The summed E-state index contributed by atoms with van der Waals surface area (Å²) in [5, 5.41) is 4.78. The van der Waals surface area contributed by atoms with Gasteiger partial charge in [0.2, 0.25) is 0 Å². The molecule has 6 nitrogen and oxygen atoms in total. The number of rotatable bonds is 7. The minimum Gasteiger partial charge on any atom is -0.464 e. The molecule has 1 unspecified atom stereocenters. The lowest BCUT2D eigenvalue weighted by Crippen LogP contribution is -2.32. The number of hydrogen-bond acceptors (Lipinski definition) is 5. The van der Waals surface area contributed by atoms with E-state index < -0.39 is 22.4 Å². The summed E-state index contributed by atoms with van der Waals surface area (Å²) in [7, 11) is -4.19. The first-order chi connectivity index (χ1) is 8.92. The normalized spacial score (nSPS) is 12.9. The van der Waals surface area contributed by atoms with E-state index in [0.717, 1.165) is 5.56 Å². The van der Waals surface area contributed by atoms with E-state index in [9.17, 15) is 13.2 Å². The predicted molar refractivity (Wildman–Crippen MR) is 69.4 cm³/mol. The molecule has 2 N–H and O–H groups in total. The Balaban J connectivity index is 2.66. The Hall–Kier alpha value is -1.44. The minimum atomic E-state index is -4.19. The van der Waals surface area contributed by atoms with Crippen LogP contribution in [0.15, 0.2) is 30.3 Å². The highest BCUT2D eigenvalue weighted by Crippen LogP contribution is 2.10. The smallest absolute Gasteiger partial charge is 0.336 e. The molecule has 0 aliphatic rings. The second-order valence-electron chi connectivity index (χ2n) is 3.85. The van der Waals surface area contributed by atoms with Gasteiger partial charge in [0.05, 0.1) is 6.61 Å². The number of carbonyl (C=O) groups excluding carboxylic acids is 1. The zero-order chi connectivity index (χ0) is 14.3. The molecule has 0 heterocycles. The molecule has 7 heteroatoms. The summed E-state index contributed by atoms with van der Waals surface area (Å²) in [4.78, 5) is 11.6. The molecule has 0 fully saturated rings. The number of benzene rings is 1. The van der Waals surface area contributed by atoms with Crippen molar-refractivity contribution in [2.24, 2.45) is 5.14 Å². The monoisotopic (exact) mass is 287 g/mol. The van der Waals surface area contributed by atoms with Crippen molar-refractivity contribution in [3.05, 3.63) is 35.9 Å². The summed E-state index contributed by atoms with van der Waals surface area (Å²) in [6.07, 6.45) is -0.547. The summed E-state index contributed by atoms with van der Waals surface area (Å²) in [5.41, 5.74) is 0.967. The lowest BCUT2D eigenvalue weighted by Gasteiger charge is -2.14. The van der Waals surface area contributed by atoms with Crippen molar-refractivity contribution in [1.82, 2.24) is 0 Å². The van der Waals surface area contributed by atoms with Crippen LogP contribution in [-0.4, -0.2) is 27.1 Å². The molecule has 106 valence electrons. The third-order valence-corrected chi connectivity index (χ3v) is 2.84. The lowest BCUT2D eigenvalue weighted by atomic mass is 10.1. The fraction of sp³-hybridized carbons (Fsp3) is 0.417. The van der Waals surface area contributed by atoms with Crippen molar-refractivity contribution in [3.63, 3.8) is 0 Å². The van der Waals surface area contributed by atoms with Crippen molar-refractivity contribution < 1.29 is 22.1 Å². The average Bonchev–Trinajstić information content (AvgIpc) is 2.34. The van der Waals surface area contributed by atoms with E-state index in [1.807, 2.05) is 30.3 Å². The average molecular weight is 287 g/mol. The van der Waals surface area contributed by atoms with Gasteiger partial charge in [-0.2, -0.15) is 8.42 Å². The fourth-order valence-corrected chi connectivity index (χ4v) is 2.04. The van der Waals surface area contributed by atoms with Crippen LogP contribution in [0.2, 0.25) is 0 Å². The molecule has 0 bridgehead atoms. The third-order valence-electron chi connectivity index (χ3n) is 2.34. The molecule has 1 aromatic rings. The van der Waals surface area contributed by atoms with Gasteiger partial charge in [-0.25, -0.2) is 14.1 Å². The van der Waals surface area contributed by atoms with Crippen LogP contribution in [0.4, 0.5) is 0 Å². The second kappa shape index (κ2) is 7.22. The summed E-state index contributed by atoms with van der Waals surface area (Å²) in [5.74, 6) is -0.729. The van der Waals surface area contributed by atoms with E-state index in [4.69, 9.17) is 9.88 Å². The van der Waals surface area contributed by atoms with E-state index in [1.165, 1.54) is 0 Å². The van der Waals surface area contributed by atoms with Crippen molar-refractivity contribution in [1.29, 1.82) is 0 Å². The largest absolute Gasteiger partial charge is 0.464 e. The fourth-order valence-electron chi connectivity index (χ4n) is 1.54. The van der Waals surface area contributed by atoms with Gasteiger partial charge in [0.1, 0.15) is 0 Å². The molecule has 0 spiro atoms. The molecule has 0 saturated heterocycles. The molecule has 1 atom stereocenters. The highest BCUT2D eigenvalue weighted by molar-refractivity contribution is 7.84. The molecule has 0 saturated carbocycles. The van der Waals surface area contributed by atoms with Gasteiger partial charge in [0.25, 0.3) is 0 Å². The molecule has 0 aliphatic carbocycles. The van der Waals surface area contributed by atoms with E-state index in [0.29, 0.717) is 6.42 Å². The SMILES string of the molecule is CCOC(=O)C(CCc1ccccc1)OS(N)(=O)=O. The topological polar surface area (TPSA) is 95.7 Å². The molecule has 0 amide bonds. The zero-order valence-corrected chi connectivity index (χ0v) is 11.4. The number of esters is 1. The lowest BCUT2D eigenvalue weighted by molar-refractivity contribution is -0.151. The molecule has 19 heavy (non-hydrogen) atoms.